The molecule has 0 aromatic carbocycles. The molecular formula is C41H79N3O4. The van der Waals surface area contributed by atoms with Crippen molar-refractivity contribution in [3.8, 4) is 0 Å². The highest BCUT2D eigenvalue weighted by Gasteiger charge is 2.14. The zero-order valence-electron chi connectivity index (χ0n) is 32.2. The lowest BCUT2D eigenvalue weighted by Crippen LogP contribution is -2.18. The number of unbranched alkanes of at least 4 members (excludes halogenated alkanes) is 22. The Morgan fingerprint density at radius 3 is 1.35 bits per heavy atom. The fraction of sp³-hybridized carbons (Fsp3) is 0.951. The minimum atomic E-state index is -0.0339. The molecule has 0 amide bonds. The average molecular weight is 678 g/mol. The first kappa shape index (κ1) is 46.2. The fourth-order valence-corrected chi connectivity index (χ4v) is 6.47. The van der Waals surface area contributed by atoms with Crippen molar-refractivity contribution in [2.24, 2.45) is 5.11 Å². The highest BCUT2D eigenvalue weighted by molar-refractivity contribution is 5.69. The lowest BCUT2D eigenvalue weighted by Gasteiger charge is -2.18. The molecule has 0 saturated carbocycles. The zero-order chi connectivity index (χ0) is 35.2. The second-order valence-corrected chi connectivity index (χ2v) is 14.3. The largest absolute Gasteiger partial charge is 0.466 e. The summed E-state index contributed by atoms with van der Waals surface area (Å²) in [7, 11) is 0. The van der Waals surface area contributed by atoms with Crippen LogP contribution in [0.4, 0.5) is 0 Å². The van der Waals surface area contributed by atoms with Gasteiger partial charge >= 0.3 is 11.9 Å². The van der Waals surface area contributed by atoms with Gasteiger partial charge in [0.2, 0.25) is 0 Å². The number of nitrogens with zero attached hydrogens (tertiary/aromatic N) is 3. The first-order chi connectivity index (χ1) is 23.6. The van der Waals surface area contributed by atoms with Crippen molar-refractivity contribution < 1.29 is 19.1 Å². The Morgan fingerprint density at radius 2 is 0.875 bits per heavy atom. The van der Waals surface area contributed by atoms with E-state index in [1.807, 2.05) is 0 Å². The molecule has 0 bridgehead atoms. The van der Waals surface area contributed by atoms with Crippen LogP contribution in [0.5, 0.6) is 0 Å². The maximum Gasteiger partial charge on any atom is 0.306 e. The van der Waals surface area contributed by atoms with Crippen molar-refractivity contribution in [3.63, 3.8) is 0 Å². The van der Waals surface area contributed by atoms with Gasteiger partial charge in [0, 0.05) is 23.8 Å². The van der Waals surface area contributed by atoms with Crippen molar-refractivity contribution in [1.29, 1.82) is 0 Å². The Labute approximate surface area is 297 Å². The van der Waals surface area contributed by atoms with Crippen molar-refractivity contribution in [1.82, 2.24) is 0 Å². The van der Waals surface area contributed by atoms with Crippen LogP contribution in [0.3, 0.4) is 0 Å². The van der Waals surface area contributed by atoms with E-state index in [1.165, 1.54) is 122 Å². The van der Waals surface area contributed by atoms with Gasteiger partial charge in [-0.05, 0) is 63.3 Å². The summed E-state index contributed by atoms with van der Waals surface area (Å²) in [5.41, 5.74) is 9.01. The number of rotatable bonds is 38. The van der Waals surface area contributed by atoms with Crippen molar-refractivity contribution in [3.05, 3.63) is 10.4 Å². The number of hydrogen-bond acceptors (Lipinski definition) is 5. The van der Waals surface area contributed by atoms with Gasteiger partial charge in [-0.2, -0.15) is 0 Å². The van der Waals surface area contributed by atoms with Gasteiger partial charge < -0.3 is 9.47 Å². The summed E-state index contributed by atoms with van der Waals surface area (Å²) in [6, 6.07) is 0.126. The van der Waals surface area contributed by atoms with Gasteiger partial charge in [-0.1, -0.05) is 167 Å². The van der Waals surface area contributed by atoms with Crippen molar-refractivity contribution >= 4 is 11.9 Å². The zero-order valence-corrected chi connectivity index (χ0v) is 32.2. The molecule has 0 fully saturated rings. The van der Waals surface area contributed by atoms with E-state index in [9.17, 15) is 9.59 Å². The first-order valence-corrected chi connectivity index (χ1v) is 21.0. The number of hydrogen-bond donors (Lipinski definition) is 0. The molecular weight excluding hydrogens is 598 g/mol. The second kappa shape index (κ2) is 38.1. The summed E-state index contributed by atoms with van der Waals surface area (Å²) >= 11 is 0. The smallest absolute Gasteiger partial charge is 0.306 e. The Hall–Kier alpha value is -1.75. The molecule has 48 heavy (non-hydrogen) atoms. The number of ether oxygens (including phenoxy) is 2. The van der Waals surface area contributed by atoms with E-state index in [0.717, 1.165) is 77.0 Å². The van der Waals surface area contributed by atoms with Gasteiger partial charge in [-0.3, -0.25) is 9.59 Å². The van der Waals surface area contributed by atoms with Crippen LogP contribution in [0.25, 0.3) is 10.4 Å². The molecule has 282 valence electrons. The summed E-state index contributed by atoms with van der Waals surface area (Å²) in [4.78, 5) is 27.4. The van der Waals surface area contributed by atoms with Crippen LogP contribution >= 0.6 is 0 Å². The summed E-state index contributed by atoms with van der Waals surface area (Å²) < 4.78 is 11.3. The SMILES string of the molecule is CCCCCCCOC(=O)CCCCCCCCCC(CCCCCCCCCC(=O)OC(CCCCCC)CCCCCC)N=[N+]=[N-]. The van der Waals surface area contributed by atoms with Gasteiger partial charge in [0.1, 0.15) is 6.10 Å². The molecule has 0 heterocycles. The lowest BCUT2D eigenvalue weighted by molar-refractivity contribution is -0.150. The highest BCUT2D eigenvalue weighted by Crippen LogP contribution is 2.19. The maximum atomic E-state index is 12.5. The molecule has 0 aromatic rings. The predicted octanol–water partition coefficient (Wildman–Crippen LogP) is 14.1. The molecule has 1 unspecified atom stereocenters. The number of carbonyl (C=O) groups is 2. The molecule has 0 aliphatic rings. The third-order valence-corrected chi connectivity index (χ3v) is 9.62. The first-order valence-electron chi connectivity index (χ1n) is 21.0. The van der Waals surface area contributed by atoms with Crippen LogP contribution < -0.4 is 0 Å². The van der Waals surface area contributed by atoms with Crippen molar-refractivity contribution in [2.45, 2.75) is 245 Å². The normalized spacial score (nSPS) is 11.8. The molecule has 7 heteroatoms. The molecule has 0 aliphatic carbocycles. The number of carbonyl (C=O) groups excluding carboxylic acids is 2. The summed E-state index contributed by atoms with van der Waals surface area (Å²) in [5.74, 6) is -0.0268. The molecule has 0 N–H and O–H groups in total. The Kier molecular flexibility index (Phi) is 36.7. The van der Waals surface area contributed by atoms with Gasteiger partial charge in [0.25, 0.3) is 0 Å². The lowest BCUT2D eigenvalue weighted by atomic mass is 10.00. The third kappa shape index (κ3) is 34.1. The van der Waals surface area contributed by atoms with E-state index in [2.05, 4.69) is 30.8 Å². The van der Waals surface area contributed by atoms with Crippen LogP contribution in [0, 0.1) is 0 Å². The molecule has 0 spiro atoms. The Balaban J connectivity index is 3.77. The molecule has 1 atom stereocenters. The van der Waals surface area contributed by atoms with E-state index in [-0.39, 0.29) is 24.1 Å². The molecule has 0 rings (SSSR count). The van der Waals surface area contributed by atoms with E-state index >= 15 is 0 Å². The predicted molar refractivity (Wildman–Crippen MR) is 203 cm³/mol. The van der Waals surface area contributed by atoms with E-state index < -0.39 is 0 Å². The molecule has 0 aliphatic heterocycles. The van der Waals surface area contributed by atoms with Gasteiger partial charge in [-0.15, -0.1) is 0 Å². The summed E-state index contributed by atoms with van der Waals surface area (Å²) in [6.45, 7) is 7.26. The molecule has 7 nitrogen and oxygen atoms in total. The third-order valence-electron chi connectivity index (χ3n) is 9.62. The monoisotopic (exact) mass is 678 g/mol. The molecule has 0 saturated heterocycles. The Morgan fingerprint density at radius 1 is 0.500 bits per heavy atom. The second-order valence-electron chi connectivity index (χ2n) is 14.3. The average Bonchev–Trinajstić information content (AvgIpc) is 3.08. The molecule has 0 radical (unpaired) electrons. The summed E-state index contributed by atoms with van der Waals surface area (Å²) in [6.07, 6.45) is 36.9. The highest BCUT2D eigenvalue weighted by atomic mass is 16.5. The van der Waals surface area contributed by atoms with Crippen LogP contribution in [0.2, 0.25) is 0 Å². The van der Waals surface area contributed by atoms with Gasteiger partial charge in [0.05, 0.1) is 6.61 Å². The number of azide groups is 1. The van der Waals surface area contributed by atoms with E-state index in [1.54, 1.807) is 0 Å². The van der Waals surface area contributed by atoms with Crippen LogP contribution in [-0.2, 0) is 19.1 Å². The minimum absolute atomic E-state index is 0.00708. The van der Waals surface area contributed by atoms with Crippen LogP contribution in [0.15, 0.2) is 5.11 Å². The Bertz CT molecular complexity index is 744. The fourth-order valence-electron chi connectivity index (χ4n) is 6.47. The van der Waals surface area contributed by atoms with E-state index in [4.69, 9.17) is 15.0 Å². The quantitative estimate of drug-likeness (QED) is 0.0213. The number of esters is 2. The topological polar surface area (TPSA) is 101 Å². The van der Waals surface area contributed by atoms with Crippen molar-refractivity contribution in [2.75, 3.05) is 6.61 Å². The van der Waals surface area contributed by atoms with Gasteiger partial charge in [-0.25, -0.2) is 0 Å². The minimum Gasteiger partial charge on any atom is -0.466 e. The maximum absolute atomic E-state index is 12.5. The van der Waals surface area contributed by atoms with Crippen LogP contribution in [0.1, 0.15) is 233 Å². The molecule has 0 aromatic heterocycles. The summed E-state index contributed by atoms with van der Waals surface area (Å²) in [5, 5.41) is 4.08. The van der Waals surface area contributed by atoms with Gasteiger partial charge in [0.15, 0.2) is 0 Å². The van der Waals surface area contributed by atoms with E-state index in [0.29, 0.717) is 19.4 Å². The standard InChI is InChI=1S/C41H79N3O4/c1-4-7-10-23-30-37-47-40(45)35-28-21-17-13-15-19-24-31-38(43-44-42)32-25-20-16-14-18-22-29-36-41(46)48-39(33-26-11-8-5-2)34-27-12-9-6-3/h38-39H,4-37H2,1-3H3. The van der Waals surface area contributed by atoms with Crippen LogP contribution in [-0.4, -0.2) is 30.7 Å².